The Bertz CT molecular complexity index is 658. The minimum atomic E-state index is -0.0419. The highest BCUT2D eigenvalue weighted by molar-refractivity contribution is 5.92. The van der Waals surface area contributed by atoms with E-state index in [0.717, 1.165) is 28.1 Å². The summed E-state index contributed by atoms with van der Waals surface area (Å²) in [5.74, 6) is 0.820. The van der Waals surface area contributed by atoms with Gasteiger partial charge in [-0.15, -0.1) is 0 Å². The van der Waals surface area contributed by atoms with E-state index in [1.165, 1.54) is 0 Å². The maximum atomic E-state index is 12.0. The van der Waals surface area contributed by atoms with Crippen molar-refractivity contribution >= 4 is 11.6 Å². The number of hydrogen-bond donors (Lipinski definition) is 2. The second kappa shape index (κ2) is 8.50. The molecule has 128 valence electrons. The summed E-state index contributed by atoms with van der Waals surface area (Å²) in [5.41, 5.74) is 4.24. The first-order valence-corrected chi connectivity index (χ1v) is 8.27. The van der Waals surface area contributed by atoms with E-state index in [4.69, 9.17) is 4.74 Å². The lowest BCUT2D eigenvalue weighted by Gasteiger charge is -2.11. The lowest BCUT2D eigenvalue weighted by Crippen LogP contribution is -2.27. The van der Waals surface area contributed by atoms with Gasteiger partial charge < -0.3 is 15.4 Å². The zero-order valence-corrected chi connectivity index (χ0v) is 14.8. The molecule has 0 aromatic heterocycles. The van der Waals surface area contributed by atoms with E-state index < -0.39 is 0 Å². The van der Waals surface area contributed by atoms with Crippen LogP contribution in [0.25, 0.3) is 0 Å². The van der Waals surface area contributed by atoms with Gasteiger partial charge in [0.15, 0.2) is 0 Å². The lowest BCUT2D eigenvalue weighted by molar-refractivity contribution is -0.115. The van der Waals surface area contributed by atoms with E-state index >= 15 is 0 Å². The van der Waals surface area contributed by atoms with Gasteiger partial charge >= 0.3 is 0 Å². The van der Waals surface area contributed by atoms with Gasteiger partial charge in [0.1, 0.15) is 5.75 Å². The van der Waals surface area contributed by atoms with E-state index in [1.54, 1.807) is 0 Å². The highest BCUT2D eigenvalue weighted by atomic mass is 16.5. The van der Waals surface area contributed by atoms with Crippen LogP contribution in [0, 0.1) is 13.8 Å². The number of carbonyl (C=O) groups is 1. The number of benzene rings is 2. The molecule has 2 aromatic carbocycles. The van der Waals surface area contributed by atoms with Crippen molar-refractivity contribution in [3.8, 4) is 5.75 Å². The molecule has 0 atom stereocenters. The molecule has 24 heavy (non-hydrogen) atoms. The second-order valence-electron chi connectivity index (χ2n) is 6.34. The number of anilines is 1. The van der Waals surface area contributed by atoms with E-state index in [1.807, 2.05) is 64.1 Å². The van der Waals surface area contributed by atoms with Gasteiger partial charge in [0.2, 0.25) is 5.91 Å². The zero-order valence-electron chi connectivity index (χ0n) is 14.8. The average molecular weight is 326 g/mol. The van der Waals surface area contributed by atoms with Crippen molar-refractivity contribution in [1.82, 2.24) is 5.32 Å². The van der Waals surface area contributed by atoms with Crippen molar-refractivity contribution in [2.24, 2.45) is 0 Å². The van der Waals surface area contributed by atoms with Crippen molar-refractivity contribution < 1.29 is 9.53 Å². The quantitative estimate of drug-likeness (QED) is 0.813. The molecule has 2 N–H and O–H groups in total. The molecule has 4 heteroatoms. The highest BCUT2D eigenvalue weighted by Crippen LogP contribution is 2.14. The minimum Gasteiger partial charge on any atom is -0.491 e. The first-order chi connectivity index (χ1) is 11.4. The molecule has 0 heterocycles. The normalized spacial score (nSPS) is 10.7. The van der Waals surface area contributed by atoms with Crippen molar-refractivity contribution in [3.05, 3.63) is 59.2 Å². The Hall–Kier alpha value is -2.33. The summed E-state index contributed by atoms with van der Waals surface area (Å²) >= 11 is 0. The second-order valence-corrected chi connectivity index (χ2v) is 6.34. The number of amides is 1. The van der Waals surface area contributed by atoms with Crippen molar-refractivity contribution in [1.29, 1.82) is 0 Å². The van der Waals surface area contributed by atoms with Crippen LogP contribution in [0.2, 0.25) is 0 Å². The molecular formula is C20H26N2O2. The Morgan fingerprint density at radius 2 is 1.67 bits per heavy atom. The number of hydrogen-bond acceptors (Lipinski definition) is 3. The fourth-order valence-electron chi connectivity index (χ4n) is 2.53. The molecule has 1 amide bonds. The molecule has 0 unspecified atom stereocenters. The van der Waals surface area contributed by atoms with Crippen LogP contribution in [0.5, 0.6) is 5.75 Å². The summed E-state index contributed by atoms with van der Waals surface area (Å²) in [7, 11) is 0. The number of nitrogens with one attached hydrogen (secondary N) is 2. The van der Waals surface area contributed by atoms with E-state index in [9.17, 15) is 4.79 Å². The van der Waals surface area contributed by atoms with Gasteiger partial charge in [0, 0.05) is 12.2 Å². The Balaban J connectivity index is 1.78. The largest absolute Gasteiger partial charge is 0.491 e. The van der Waals surface area contributed by atoms with Crippen LogP contribution < -0.4 is 15.4 Å². The number of ether oxygens (including phenoxy) is 1. The molecule has 0 fully saturated rings. The smallest absolute Gasteiger partial charge is 0.238 e. The first kappa shape index (κ1) is 18.0. The molecule has 2 rings (SSSR count). The zero-order chi connectivity index (χ0) is 17.5. The monoisotopic (exact) mass is 326 g/mol. The summed E-state index contributed by atoms with van der Waals surface area (Å²) in [4.78, 5) is 12.0. The molecule has 0 aliphatic heterocycles. The van der Waals surface area contributed by atoms with Crippen molar-refractivity contribution in [3.63, 3.8) is 0 Å². The van der Waals surface area contributed by atoms with Gasteiger partial charge in [-0.05, 0) is 68.7 Å². The number of aryl methyl sites for hydroxylation is 2. The summed E-state index contributed by atoms with van der Waals surface area (Å²) < 4.78 is 5.61. The van der Waals surface area contributed by atoms with Crippen LogP contribution in [-0.2, 0) is 11.3 Å². The van der Waals surface area contributed by atoms with Crippen molar-refractivity contribution in [2.75, 3.05) is 11.9 Å². The van der Waals surface area contributed by atoms with Crippen LogP contribution in [0.4, 0.5) is 5.69 Å². The van der Waals surface area contributed by atoms with Crippen LogP contribution >= 0.6 is 0 Å². The minimum absolute atomic E-state index is 0.0419. The molecule has 4 nitrogen and oxygen atoms in total. The van der Waals surface area contributed by atoms with Crippen LogP contribution in [0.15, 0.2) is 42.5 Å². The Kier molecular flexibility index (Phi) is 6.38. The van der Waals surface area contributed by atoms with Crippen LogP contribution in [0.3, 0.4) is 0 Å². The Morgan fingerprint density at radius 1 is 1.04 bits per heavy atom. The third-order valence-electron chi connectivity index (χ3n) is 3.42. The molecule has 0 aliphatic rings. The number of rotatable bonds is 7. The molecule has 0 aliphatic carbocycles. The maximum absolute atomic E-state index is 12.0. The van der Waals surface area contributed by atoms with Gasteiger partial charge in [0.05, 0.1) is 12.6 Å². The first-order valence-electron chi connectivity index (χ1n) is 8.27. The van der Waals surface area contributed by atoms with Gasteiger partial charge in [-0.25, -0.2) is 0 Å². The molecular weight excluding hydrogens is 300 g/mol. The maximum Gasteiger partial charge on any atom is 0.238 e. The summed E-state index contributed by atoms with van der Waals surface area (Å²) in [6.07, 6.45) is 0.169. The third-order valence-corrected chi connectivity index (χ3v) is 3.42. The topological polar surface area (TPSA) is 50.4 Å². The predicted molar refractivity (Wildman–Crippen MR) is 98.5 cm³/mol. The van der Waals surface area contributed by atoms with E-state index in [2.05, 4.69) is 16.7 Å². The van der Waals surface area contributed by atoms with E-state index in [-0.39, 0.29) is 18.6 Å². The summed E-state index contributed by atoms with van der Waals surface area (Å²) in [5, 5.41) is 6.08. The van der Waals surface area contributed by atoms with Gasteiger partial charge in [-0.2, -0.15) is 0 Å². The standard InChI is InChI=1S/C20H26N2O2/c1-14(2)24-19-7-5-17(6-8-19)12-21-13-20(23)22-18-10-15(3)9-16(4)11-18/h5-11,14,21H,12-13H2,1-4H3,(H,22,23). The van der Waals surface area contributed by atoms with Gasteiger partial charge in [-0.3, -0.25) is 4.79 Å². The summed E-state index contributed by atoms with van der Waals surface area (Å²) in [6.45, 7) is 8.97. The third kappa shape index (κ3) is 6.05. The van der Waals surface area contributed by atoms with Crippen molar-refractivity contribution in [2.45, 2.75) is 40.3 Å². The molecule has 0 spiro atoms. The Labute approximate surface area is 144 Å². The predicted octanol–water partition coefficient (Wildman–Crippen LogP) is 3.82. The van der Waals surface area contributed by atoms with E-state index in [0.29, 0.717) is 6.54 Å². The number of carbonyl (C=O) groups excluding carboxylic acids is 1. The van der Waals surface area contributed by atoms with Gasteiger partial charge in [0.25, 0.3) is 0 Å². The summed E-state index contributed by atoms with van der Waals surface area (Å²) in [6, 6.07) is 13.9. The Morgan fingerprint density at radius 3 is 2.25 bits per heavy atom. The fourth-order valence-corrected chi connectivity index (χ4v) is 2.53. The highest BCUT2D eigenvalue weighted by Gasteiger charge is 2.04. The lowest BCUT2D eigenvalue weighted by atomic mass is 10.1. The molecule has 2 aromatic rings. The SMILES string of the molecule is Cc1cc(C)cc(NC(=O)CNCc2ccc(OC(C)C)cc2)c1. The fraction of sp³-hybridized carbons (Fsp3) is 0.350. The molecule has 0 bridgehead atoms. The van der Waals surface area contributed by atoms with Crippen LogP contribution in [-0.4, -0.2) is 18.6 Å². The molecule has 0 saturated heterocycles. The van der Waals surface area contributed by atoms with Crippen LogP contribution in [0.1, 0.15) is 30.5 Å². The van der Waals surface area contributed by atoms with Gasteiger partial charge in [-0.1, -0.05) is 18.2 Å². The average Bonchev–Trinajstić information content (AvgIpc) is 2.47. The molecule has 0 radical (unpaired) electrons. The molecule has 0 saturated carbocycles.